The van der Waals surface area contributed by atoms with Gasteiger partial charge in [0.2, 0.25) is 0 Å². The highest BCUT2D eigenvalue weighted by Gasteiger charge is 2.61. The van der Waals surface area contributed by atoms with Gasteiger partial charge >= 0.3 is 0 Å². The van der Waals surface area contributed by atoms with Crippen molar-refractivity contribution in [1.29, 1.82) is 0 Å². The van der Waals surface area contributed by atoms with E-state index in [0.29, 0.717) is 0 Å². The SMILES string of the molecule is C[C@@H]1CC[C@@H]2C[C@@]3(OC2(C)C)[C@@H]1CC[C@@H]3C. The van der Waals surface area contributed by atoms with Crippen LogP contribution in [0.2, 0.25) is 0 Å². The van der Waals surface area contributed by atoms with Crippen molar-refractivity contribution in [3.8, 4) is 0 Å². The Labute approximate surface area is 99.9 Å². The van der Waals surface area contributed by atoms with E-state index < -0.39 is 0 Å². The number of hydrogen-bond acceptors (Lipinski definition) is 1. The van der Waals surface area contributed by atoms with Gasteiger partial charge in [-0.3, -0.25) is 0 Å². The molecule has 16 heavy (non-hydrogen) atoms. The molecule has 92 valence electrons. The minimum Gasteiger partial charge on any atom is -0.368 e. The molecule has 1 aliphatic heterocycles. The number of ether oxygens (including phenoxy) is 1. The molecule has 3 rings (SSSR count). The first-order valence-corrected chi connectivity index (χ1v) is 7.16. The van der Waals surface area contributed by atoms with Crippen LogP contribution in [0, 0.1) is 23.7 Å². The molecule has 0 amide bonds. The van der Waals surface area contributed by atoms with Crippen LogP contribution in [0.5, 0.6) is 0 Å². The van der Waals surface area contributed by atoms with E-state index in [4.69, 9.17) is 4.74 Å². The van der Waals surface area contributed by atoms with Crippen LogP contribution >= 0.6 is 0 Å². The standard InChI is InChI=1S/C15H26O/c1-10-5-7-12-9-15(16-14(12,3)4)11(2)6-8-13(10)15/h10-13H,5-9H2,1-4H3/t10-,11+,12-,13-,15+/m1/s1. The maximum absolute atomic E-state index is 6.65. The summed E-state index contributed by atoms with van der Waals surface area (Å²) in [6, 6.07) is 0. The van der Waals surface area contributed by atoms with Crippen molar-refractivity contribution >= 4 is 0 Å². The first-order valence-electron chi connectivity index (χ1n) is 7.16. The summed E-state index contributed by atoms with van der Waals surface area (Å²) in [5.41, 5.74) is 0.390. The lowest BCUT2D eigenvalue weighted by molar-refractivity contribution is -0.145. The third-order valence-corrected chi connectivity index (χ3v) is 6.03. The topological polar surface area (TPSA) is 9.23 Å². The third-order valence-electron chi connectivity index (χ3n) is 6.03. The lowest BCUT2D eigenvalue weighted by Gasteiger charge is -2.40. The molecular weight excluding hydrogens is 196 g/mol. The molecule has 0 unspecified atom stereocenters. The molecule has 0 aromatic rings. The zero-order valence-corrected chi connectivity index (χ0v) is 11.3. The highest BCUT2D eigenvalue weighted by Crippen LogP contribution is 2.61. The largest absolute Gasteiger partial charge is 0.368 e. The Hall–Kier alpha value is -0.0400. The van der Waals surface area contributed by atoms with E-state index >= 15 is 0 Å². The molecule has 0 aromatic carbocycles. The van der Waals surface area contributed by atoms with Crippen molar-refractivity contribution in [2.75, 3.05) is 0 Å². The highest BCUT2D eigenvalue weighted by molar-refractivity contribution is 5.10. The van der Waals surface area contributed by atoms with Gasteiger partial charge in [0.1, 0.15) is 0 Å². The van der Waals surface area contributed by atoms with Crippen LogP contribution in [0.1, 0.15) is 59.8 Å². The van der Waals surface area contributed by atoms with Crippen molar-refractivity contribution in [2.24, 2.45) is 23.7 Å². The first-order chi connectivity index (χ1) is 7.46. The minimum absolute atomic E-state index is 0.136. The minimum atomic E-state index is 0.136. The van der Waals surface area contributed by atoms with Crippen LogP contribution < -0.4 is 0 Å². The monoisotopic (exact) mass is 222 g/mol. The molecule has 0 N–H and O–H groups in total. The fourth-order valence-electron chi connectivity index (χ4n) is 4.94. The van der Waals surface area contributed by atoms with Gasteiger partial charge in [-0.05, 0) is 69.6 Å². The van der Waals surface area contributed by atoms with Crippen LogP contribution in [-0.2, 0) is 4.74 Å². The lowest BCUT2D eigenvalue weighted by Crippen LogP contribution is -2.43. The predicted octanol–water partition coefficient (Wildman–Crippen LogP) is 4.02. The molecule has 1 nitrogen and oxygen atoms in total. The molecule has 1 saturated heterocycles. The van der Waals surface area contributed by atoms with Crippen molar-refractivity contribution in [1.82, 2.24) is 0 Å². The molecule has 0 aromatic heterocycles. The Balaban J connectivity index is 2.01. The maximum atomic E-state index is 6.65. The van der Waals surface area contributed by atoms with Gasteiger partial charge in [0.25, 0.3) is 0 Å². The summed E-state index contributed by atoms with van der Waals surface area (Å²) >= 11 is 0. The summed E-state index contributed by atoms with van der Waals surface area (Å²) in [4.78, 5) is 0. The Morgan fingerprint density at radius 2 is 1.75 bits per heavy atom. The fourth-order valence-corrected chi connectivity index (χ4v) is 4.94. The summed E-state index contributed by atoms with van der Waals surface area (Å²) in [5, 5.41) is 0. The average molecular weight is 222 g/mol. The average Bonchev–Trinajstić information content (AvgIpc) is 2.57. The summed E-state index contributed by atoms with van der Waals surface area (Å²) in [7, 11) is 0. The summed E-state index contributed by atoms with van der Waals surface area (Å²) in [5.74, 6) is 3.31. The summed E-state index contributed by atoms with van der Waals surface area (Å²) in [6.07, 6.45) is 6.95. The molecule has 1 heteroatoms. The quantitative estimate of drug-likeness (QED) is 0.601. The maximum Gasteiger partial charge on any atom is 0.0749 e. The zero-order chi connectivity index (χ0) is 11.6. The number of rotatable bonds is 0. The molecular formula is C15H26O. The summed E-state index contributed by atoms with van der Waals surface area (Å²) in [6.45, 7) is 9.53. The van der Waals surface area contributed by atoms with E-state index in [1.54, 1.807) is 0 Å². The van der Waals surface area contributed by atoms with E-state index in [2.05, 4.69) is 27.7 Å². The van der Waals surface area contributed by atoms with Gasteiger partial charge in [0, 0.05) is 0 Å². The van der Waals surface area contributed by atoms with E-state index in [-0.39, 0.29) is 11.2 Å². The third kappa shape index (κ3) is 1.27. The van der Waals surface area contributed by atoms with Crippen molar-refractivity contribution in [2.45, 2.75) is 71.0 Å². The molecule has 3 fully saturated rings. The Bertz CT molecular complexity index is 296. The second-order valence-corrected chi connectivity index (χ2v) is 7.20. The van der Waals surface area contributed by atoms with Crippen LogP contribution in [0.25, 0.3) is 0 Å². The van der Waals surface area contributed by atoms with Gasteiger partial charge in [0.15, 0.2) is 0 Å². The highest BCUT2D eigenvalue weighted by atomic mass is 16.5. The van der Waals surface area contributed by atoms with Gasteiger partial charge in [-0.2, -0.15) is 0 Å². The van der Waals surface area contributed by atoms with Gasteiger partial charge in [0.05, 0.1) is 11.2 Å². The zero-order valence-electron chi connectivity index (χ0n) is 11.3. The smallest absolute Gasteiger partial charge is 0.0749 e. The van der Waals surface area contributed by atoms with Crippen LogP contribution in [0.3, 0.4) is 0 Å². The van der Waals surface area contributed by atoms with E-state index in [0.717, 1.165) is 23.7 Å². The van der Waals surface area contributed by atoms with E-state index in [1.165, 1.54) is 32.1 Å². The number of fused-ring (bicyclic) bond motifs is 1. The molecule has 0 radical (unpaired) electrons. The summed E-state index contributed by atoms with van der Waals surface area (Å²) < 4.78 is 6.65. The predicted molar refractivity (Wildman–Crippen MR) is 66.3 cm³/mol. The Morgan fingerprint density at radius 1 is 1.00 bits per heavy atom. The van der Waals surface area contributed by atoms with Gasteiger partial charge < -0.3 is 4.74 Å². The van der Waals surface area contributed by atoms with Gasteiger partial charge in [-0.15, -0.1) is 0 Å². The molecule has 2 aliphatic carbocycles. The lowest BCUT2D eigenvalue weighted by atomic mass is 9.77. The second-order valence-electron chi connectivity index (χ2n) is 7.20. The van der Waals surface area contributed by atoms with Crippen molar-refractivity contribution < 1.29 is 4.74 Å². The van der Waals surface area contributed by atoms with Crippen molar-refractivity contribution in [3.05, 3.63) is 0 Å². The number of hydrogen-bond donors (Lipinski definition) is 0. The molecule has 2 bridgehead atoms. The second kappa shape index (κ2) is 3.25. The fraction of sp³-hybridized carbons (Fsp3) is 1.00. The molecule has 2 saturated carbocycles. The van der Waals surface area contributed by atoms with E-state index in [1.807, 2.05) is 0 Å². The molecule has 1 heterocycles. The van der Waals surface area contributed by atoms with Crippen LogP contribution in [0.4, 0.5) is 0 Å². The van der Waals surface area contributed by atoms with Gasteiger partial charge in [-0.1, -0.05) is 13.8 Å². The first kappa shape index (κ1) is 11.1. The molecule has 5 atom stereocenters. The van der Waals surface area contributed by atoms with E-state index in [9.17, 15) is 0 Å². The normalized spacial score (nSPS) is 54.8. The molecule has 3 aliphatic rings. The Kier molecular flexibility index (Phi) is 2.25. The molecule has 1 spiro atoms. The van der Waals surface area contributed by atoms with Gasteiger partial charge in [-0.25, -0.2) is 0 Å². The van der Waals surface area contributed by atoms with Crippen LogP contribution in [-0.4, -0.2) is 11.2 Å². The van der Waals surface area contributed by atoms with Crippen LogP contribution in [0.15, 0.2) is 0 Å². The van der Waals surface area contributed by atoms with Crippen molar-refractivity contribution in [3.63, 3.8) is 0 Å². The Morgan fingerprint density at radius 3 is 2.50 bits per heavy atom.